The second-order valence-corrected chi connectivity index (χ2v) is 4.18. The average molecular weight is 257 g/mol. The molecule has 0 radical (unpaired) electrons. The smallest absolute Gasteiger partial charge is 0.410 e. The van der Waals surface area contributed by atoms with Crippen molar-refractivity contribution in [2.24, 2.45) is 0 Å². The van der Waals surface area contributed by atoms with Gasteiger partial charge < -0.3 is 9.64 Å². The minimum atomic E-state index is -2.56. The summed E-state index contributed by atoms with van der Waals surface area (Å²) in [6, 6.07) is 8.79. The maximum absolute atomic E-state index is 12.3. The zero-order valence-electron chi connectivity index (χ0n) is 10.5. The highest BCUT2D eigenvalue weighted by Gasteiger charge is 2.22. The molecule has 0 saturated heterocycles. The average Bonchev–Trinajstić information content (AvgIpc) is 2.34. The van der Waals surface area contributed by atoms with Crippen LogP contribution in [0.1, 0.15) is 19.4 Å². The van der Waals surface area contributed by atoms with Crippen LogP contribution in [-0.4, -0.2) is 30.0 Å². The fourth-order valence-corrected chi connectivity index (χ4v) is 1.45. The molecule has 1 aromatic rings. The Labute approximate surface area is 105 Å². The highest BCUT2D eigenvalue weighted by molar-refractivity contribution is 5.68. The monoisotopic (exact) mass is 257 g/mol. The van der Waals surface area contributed by atoms with Crippen molar-refractivity contribution in [3.63, 3.8) is 0 Å². The van der Waals surface area contributed by atoms with Gasteiger partial charge in [0, 0.05) is 6.04 Å². The number of alkyl halides is 2. The third kappa shape index (κ3) is 4.69. The van der Waals surface area contributed by atoms with Crippen molar-refractivity contribution in [3.8, 4) is 0 Å². The first-order valence-corrected chi connectivity index (χ1v) is 5.76. The molecular formula is C13H17F2NO2. The van der Waals surface area contributed by atoms with Crippen molar-refractivity contribution in [2.75, 3.05) is 6.54 Å². The van der Waals surface area contributed by atoms with Gasteiger partial charge in [-0.15, -0.1) is 0 Å². The van der Waals surface area contributed by atoms with Gasteiger partial charge in [0.15, 0.2) is 0 Å². The van der Waals surface area contributed by atoms with E-state index in [1.165, 1.54) is 0 Å². The van der Waals surface area contributed by atoms with Crippen LogP contribution >= 0.6 is 0 Å². The first kappa shape index (κ1) is 14.4. The van der Waals surface area contributed by atoms with E-state index in [0.717, 1.165) is 10.5 Å². The van der Waals surface area contributed by atoms with Crippen molar-refractivity contribution in [1.82, 2.24) is 4.90 Å². The Morgan fingerprint density at radius 1 is 1.28 bits per heavy atom. The Morgan fingerprint density at radius 2 is 1.89 bits per heavy atom. The van der Waals surface area contributed by atoms with Gasteiger partial charge in [0.25, 0.3) is 6.43 Å². The molecule has 0 bridgehead atoms. The third-order valence-corrected chi connectivity index (χ3v) is 2.40. The van der Waals surface area contributed by atoms with E-state index in [-0.39, 0.29) is 12.6 Å². The molecule has 0 aliphatic carbocycles. The van der Waals surface area contributed by atoms with Gasteiger partial charge >= 0.3 is 6.09 Å². The van der Waals surface area contributed by atoms with Crippen molar-refractivity contribution in [1.29, 1.82) is 0 Å². The minimum Gasteiger partial charge on any atom is -0.445 e. The molecule has 0 spiro atoms. The maximum Gasteiger partial charge on any atom is 0.410 e. The number of benzene rings is 1. The predicted molar refractivity (Wildman–Crippen MR) is 64.5 cm³/mol. The molecule has 0 aromatic heterocycles. The number of carbonyl (C=O) groups excluding carboxylic acids is 1. The highest BCUT2D eigenvalue weighted by atomic mass is 19.3. The Hall–Kier alpha value is -1.65. The Morgan fingerprint density at radius 3 is 2.39 bits per heavy atom. The molecule has 0 aliphatic rings. The molecular weight excluding hydrogens is 240 g/mol. The molecule has 0 heterocycles. The molecule has 1 amide bonds. The minimum absolute atomic E-state index is 0.0894. The Bertz CT molecular complexity index is 369. The van der Waals surface area contributed by atoms with E-state index in [4.69, 9.17) is 4.74 Å². The third-order valence-electron chi connectivity index (χ3n) is 2.40. The Balaban J connectivity index is 2.52. The number of rotatable bonds is 5. The lowest BCUT2D eigenvalue weighted by Crippen LogP contribution is -2.40. The first-order chi connectivity index (χ1) is 8.50. The van der Waals surface area contributed by atoms with E-state index in [9.17, 15) is 13.6 Å². The zero-order chi connectivity index (χ0) is 13.5. The second kappa shape index (κ2) is 6.93. The fourth-order valence-electron chi connectivity index (χ4n) is 1.45. The molecule has 0 saturated carbocycles. The molecule has 100 valence electrons. The number of halogens is 2. The number of amides is 1. The van der Waals surface area contributed by atoms with E-state index < -0.39 is 19.1 Å². The van der Waals surface area contributed by atoms with Crippen molar-refractivity contribution in [2.45, 2.75) is 32.9 Å². The van der Waals surface area contributed by atoms with Crippen molar-refractivity contribution >= 4 is 6.09 Å². The molecule has 1 rings (SSSR count). The number of ether oxygens (including phenoxy) is 1. The van der Waals surface area contributed by atoms with Crippen molar-refractivity contribution in [3.05, 3.63) is 35.9 Å². The van der Waals surface area contributed by atoms with Crippen LogP contribution in [0.2, 0.25) is 0 Å². The number of carbonyl (C=O) groups is 1. The summed E-state index contributed by atoms with van der Waals surface area (Å²) in [7, 11) is 0. The van der Waals surface area contributed by atoms with Crippen LogP contribution in [0.4, 0.5) is 13.6 Å². The zero-order valence-corrected chi connectivity index (χ0v) is 10.5. The van der Waals surface area contributed by atoms with E-state index in [1.807, 2.05) is 18.2 Å². The van der Waals surface area contributed by atoms with E-state index >= 15 is 0 Å². The summed E-state index contributed by atoms with van der Waals surface area (Å²) in [6.07, 6.45) is -3.27. The van der Waals surface area contributed by atoms with E-state index in [2.05, 4.69) is 0 Å². The summed E-state index contributed by atoms with van der Waals surface area (Å²) in [5, 5.41) is 0. The van der Waals surface area contributed by atoms with Crippen molar-refractivity contribution < 1.29 is 18.3 Å². The molecule has 0 fully saturated rings. The SMILES string of the molecule is CC(C)N(CC(F)F)C(=O)OCc1ccccc1. The van der Waals surface area contributed by atoms with Gasteiger partial charge in [-0.1, -0.05) is 30.3 Å². The van der Waals surface area contributed by atoms with Crippen LogP contribution in [0, 0.1) is 0 Å². The topological polar surface area (TPSA) is 29.5 Å². The molecule has 0 aliphatic heterocycles. The van der Waals surface area contributed by atoms with Crippen LogP contribution in [-0.2, 0) is 11.3 Å². The molecule has 0 N–H and O–H groups in total. The van der Waals surface area contributed by atoms with Crippen LogP contribution in [0.15, 0.2) is 30.3 Å². The molecule has 18 heavy (non-hydrogen) atoms. The quantitative estimate of drug-likeness (QED) is 0.810. The van der Waals surface area contributed by atoms with E-state index in [1.54, 1.807) is 26.0 Å². The van der Waals surface area contributed by atoms with Gasteiger partial charge in [-0.25, -0.2) is 13.6 Å². The number of nitrogens with zero attached hydrogens (tertiary/aromatic N) is 1. The fraction of sp³-hybridized carbons (Fsp3) is 0.462. The van der Waals surface area contributed by atoms with Crippen LogP contribution in [0.3, 0.4) is 0 Å². The molecule has 0 atom stereocenters. The first-order valence-electron chi connectivity index (χ1n) is 5.76. The lowest BCUT2D eigenvalue weighted by atomic mass is 10.2. The van der Waals surface area contributed by atoms with Gasteiger partial charge in [-0.2, -0.15) is 0 Å². The summed E-state index contributed by atoms with van der Waals surface area (Å²) >= 11 is 0. The van der Waals surface area contributed by atoms with Gasteiger partial charge in [0.05, 0.1) is 6.54 Å². The van der Waals surface area contributed by atoms with Gasteiger partial charge in [0.1, 0.15) is 6.61 Å². The standard InChI is InChI=1S/C13H17F2NO2/c1-10(2)16(8-12(14)15)13(17)18-9-11-6-4-3-5-7-11/h3-7,10,12H,8-9H2,1-2H3. The van der Waals surface area contributed by atoms with Gasteiger partial charge in [-0.05, 0) is 19.4 Å². The van der Waals surface area contributed by atoms with Crippen LogP contribution in [0.5, 0.6) is 0 Å². The van der Waals surface area contributed by atoms with Gasteiger partial charge in [0.2, 0.25) is 0 Å². The Kier molecular flexibility index (Phi) is 5.55. The largest absolute Gasteiger partial charge is 0.445 e. The summed E-state index contributed by atoms with van der Waals surface area (Å²) in [4.78, 5) is 12.7. The summed E-state index contributed by atoms with van der Waals surface area (Å²) in [5.74, 6) is 0. The molecule has 1 aromatic carbocycles. The molecule has 5 heteroatoms. The predicted octanol–water partition coefficient (Wildman–Crippen LogP) is 3.30. The number of hydrogen-bond donors (Lipinski definition) is 0. The normalized spacial score (nSPS) is 10.8. The highest BCUT2D eigenvalue weighted by Crippen LogP contribution is 2.08. The van der Waals surface area contributed by atoms with Gasteiger partial charge in [-0.3, -0.25) is 0 Å². The molecule has 3 nitrogen and oxygen atoms in total. The number of hydrogen-bond acceptors (Lipinski definition) is 2. The summed E-state index contributed by atoms with van der Waals surface area (Å²) in [5.41, 5.74) is 0.826. The molecule has 0 unspecified atom stereocenters. The summed E-state index contributed by atoms with van der Waals surface area (Å²) < 4.78 is 29.6. The summed E-state index contributed by atoms with van der Waals surface area (Å²) in [6.45, 7) is 2.83. The maximum atomic E-state index is 12.3. The lowest BCUT2D eigenvalue weighted by Gasteiger charge is -2.25. The van der Waals surface area contributed by atoms with E-state index in [0.29, 0.717) is 0 Å². The van der Waals surface area contributed by atoms with Crippen LogP contribution in [0.25, 0.3) is 0 Å². The lowest BCUT2D eigenvalue weighted by molar-refractivity contribution is 0.0463. The van der Waals surface area contributed by atoms with Crippen LogP contribution < -0.4 is 0 Å². The second-order valence-electron chi connectivity index (χ2n) is 4.18.